The third-order valence-corrected chi connectivity index (χ3v) is 1.95. The van der Waals surface area contributed by atoms with Crippen molar-refractivity contribution in [3.05, 3.63) is 0 Å². The van der Waals surface area contributed by atoms with E-state index < -0.39 is 0 Å². The molecular weight excluding hydrogens is 126 g/mol. The molecule has 0 bridgehead atoms. The summed E-state index contributed by atoms with van der Waals surface area (Å²) in [6.45, 7) is 0. The van der Waals surface area contributed by atoms with Crippen LogP contribution < -0.4 is 5.32 Å². The van der Waals surface area contributed by atoms with Gasteiger partial charge in [0.2, 0.25) is 0 Å². The van der Waals surface area contributed by atoms with Crippen LogP contribution in [0.5, 0.6) is 0 Å². The molecule has 60 valence electrons. The summed E-state index contributed by atoms with van der Waals surface area (Å²) in [5.41, 5.74) is 0. The van der Waals surface area contributed by atoms with Gasteiger partial charge in [-0.2, -0.15) is 0 Å². The molecule has 0 aromatic rings. The second-order valence-electron chi connectivity index (χ2n) is 2.60. The van der Waals surface area contributed by atoms with Gasteiger partial charge in [0, 0.05) is 18.9 Å². The number of ketones is 1. The minimum Gasteiger partial charge on any atom is -0.317 e. The van der Waals surface area contributed by atoms with Crippen molar-refractivity contribution in [1.82, 2.24) is 5.32 Å². The van der Waals surface area contributed by atoms with Crippen LogP contribution in [0.2, 0.25) is 0 Å². The summed E-state index contributed by atoms with van der Waals surface area (Å²) >= 11 is 0. The fraction of sp³-hybridized carbons (Fsp3) is 0.875. The van der Waals surface area contributed by atoms with Gasteiger partial charge in [0.25, 0.3) is 0 Å². The van der Waals surface area contributed by atoms with Crippen molar-refractivity contribution in [2.75, 3.05) is 7.05 Å². The first kappa shape index (κ1) is 9.63. The standard InChI is InChI=1S/C7H13NO.CH4/c1-8-6-2-4-7(9)5-3-6;/h6,8H,2-5H2,1H3;1H4. The molecule has 0 spiro atoms. The Bertz CT molecular complexity index is 102. The summed E-state index contributed by atoms with van der Waals surface area (Å²) in [7, 11) is 1.96. The van der Waals surface area contributed by atoms with Gasteiger partial charge in [-0.1, -0.05) is 7.43 Å². The van der Waals surface area contributed by atoms with Crippen LogP contribution in [0.1, 0.15) is 33.1 Å². The molecule has 1 saturated carbocycles. The van der Waals surface area contributed by atoms with Crippen molar-refractivity contribution in [3.63, 3.8) is 0 Å². The lowest BCUT2D eigenvalue weighted by Crippen LogP contribution is -2.29. The summed E-state index contributed by atoms with van der Waals surface area (Å²) in [6.07, 6.45) is 3.64. The van der Waals surface area contributed by atoms with E-state index in [1.54, 1.807) is 0 Å². The molecule has 0 saturated heterocycles. The first-order chi connectivity index (χ1) is 4.33. The van der Waals surface area contributed by atoms with Crippen molar-refractivity contribution >= 4 is 5.78 Å². The molecular formula is C8H17NO. The van der Waals surface area contributed by atoms with Gasteiger partial charge in [0.15, 0.2) is 0 Å². The summed E-state index contributed by atoms with van der Waals surface area (Å²) in [4.78, 5) is 10.7. The van der Waals surface area contributed by atoms with Crippen LogP contribution in [0.3, 0.4) is 0 Å². The van der Waals surface area contributed by atoms with Crippen molar-refractivity contribution in [3.8, 4) is 0 Å². The number of carbonyl (C=O) groups excluding carboxylic acids is 1. The molecule has 1 aliphatic rings. The zero-order valence-corrected chi connectivity index (χ0v) is 5.81. The molecule has 0 radical (unpaired) electrons. The van der Waals surface area contributed by atoms with Gasteiger partial charge in [0.05, 0.1) is 0 Å². The molecule has 1 aliphatic carbocycles. The highest BCUT2D eigenvalue weighted by Crippen LogP contribution is 2.13. The molecule has 0 heterocycles. The van der Waals surface area contributed by atoms with Gasteiger partial charge in [0.1, 0.15) is 5.78 Å². The lowest BCUT2D eigenvalue weighted by atomic mass is 9.95. The number of rotatable bonds is 1. The summed E-state index contributed by atoms with van der Waals surface area (Å²) in [5.74, 6) is 0.432. The van der Waals surface area contributed by atoms with Gasteiger partial charge in [-0.15, -0.1) is 0 Å². The Labute approximate surface area is 63.0 Å². The minimum atomic E-state index is 0. The van der Waals surface area contributed by atoms with E-state index in [2.05, 4.69) is 5.32 Å². The number of hydrogen-bond donors (Lipinski definition) is 1. The lowest BCUT2D eigenvalue weighted by Gasteiger charge is -2.19. The monoisotopic (exact) mass is 143 g/mol. The molecule has 1 N–H and O–H groups in total. The number of carbonyl (C=O) groups is 1. The molecule has 10 heavy (non-hydrogen) atoms. The normalized spacial score (nSPS) is 20.3. The van der Waals surface area contributed by atoms with E-state index in [9.17, 15) is 4.79 Å². The van der Waals surface area contributed by atoms with E-state index in [1.807, 2.05) is 7.05 Å². The van der Waals surface area contributed by atoms with Crippen LogP contribution in [0.25, 0.3) is 0 Å². The highest BCUT2D eigenvalue weighted by molar-refractivity contribution is 5.79. The maximum absolute atomic E-state index is 10.7. The van der Waals surface area contributed by atoms with Crippen LogP contribution in [0.15, 0.2) is 0 Å². The molecule has 0 unspecified atom stereocenters. The van der Waals surface area contributed by atoms with Crippen molar-refractivity contribution in [2.24, 2.45) is 0 Å². The molecule has 1 rings (SSSR count). The van der Waals surface area contributed by atoms with Gasteiger partial charge < -0.3 is 5.32 Å². The van der Waals surface area contributed by atoms with Gasteiger partial charge >= 0.3 is 0 Å². The molecule has 0 atom stereocenters. The number of hydrogen-bond acceptors (Lipinski definition) is 2. The Hall–Kier alpha value is -0.370. The molecule has 0 aliphatic heterocycles. The maximum Gasteiger partial charge on any atom is 0.133 e. The average Bonchev–Trinajstić information content (AvgIpc) is 1.90. The SMILES string of the molecule is C.CNC1CCC(=O)CC1. The minimum absolute atomic E-state index is 0. The van der Waals surface area contributed by atoms with Gasteiger partial charge in [-0.3, -0.25) is 4.79 Å². The zero-order chi connectivity index (χ0) is 6.69. The largest absolute Gasteiger partial charge is 0.317 e. The van der Waals surface area contributed by atoms with Crippen LogP contribution in [0.4, 0.5) is 0 Å². The van der Waals surface area contributed by atoms with E-state index in [-0.39, 0.29) is 7.43 Å². The van der Waals surface area contributed by atoms with Crippen LogP contribution in [-0.2, 0) is 4.79 Å². The Morgan fingerprint density at radius 3 is 2.30 bits per heavy atom. The summed E-state index contributed by atoms with van der Waals surface area (Å²) in [5, 5.41) is 3.17. The fourth-order valence-corrected chi connectivity index (χ4v) is 1.23. The molecule has 0 aromatic heterocycles. The van der Waals surface area contributed by atoms with Gasteiger partial charge in [-0.25, -0.2) is 0 Å². The second-order valence-corrected chi connectivity index (χ2v) is 2.60. The molecule has 2 heteroatoms. The van der Waals surface area contributed by atoms with Crippen LogP contribution in [0, 0.1) is 0 Å². The van der Waals surface area contributed by atoms with Crippen molar-refractivity contribution in [2.45, 2.75) is 39.2 Å². The maximum atomic E-state index is 10.7. The predicted molar refractivity (Wildman–Crippen MR) is 43.1 cm³/mol. The zero-order valence-electron chi connectivity index (χ0n) is 5.81. The Balaban J connectivity index is 0.000000810. The molecule has 1 fully saturated rings. The fourth-order valence-electron chi connectivity index (χ4n) is 1.23. The summed E-state index contributed by atoms with van der Waals surface area (Å²) < 4.78 is 0. The van der Waals surface area contributed by atoms with Crippen molar-refractivity contribution < 1.29 is 4.79 Å². The van der Waals surface area contributed by atoms with Crippen LogP contribution in [-0.4, -0.2) is 18.9 Å². The number of nitrogens with one attached hydrogen (secondary N) is 1. The summed E-state index contributed by atoms with van der Waals surface area (Å²) in [6, 6.07) is 0.600. The highest BCUT2D eigenvalue weighted by atomic mass is 16.1. The highest BCUT2D eigenvalue weighted by Gasteiger charge is 2.15. The lowest BCUT2D eigenvalue weighted by molar-refractivity contribution is -0.120. The number of Topliss-reactive ketones (excluding diaryl/α,β-unsaturated/α-hetero) is 1. The molecule has 0 amide bonds. The smallest absolute Gasteiger partial charge is 0.133 e. The van der Waals surface area contributed by atoms with Crippen LogP contribution >= 0.6 is 0 Å². The quantitative estimate of drug-likeness (QED) is 0.600. The van der Waals surface area contributed by atoms with Crippen molar-refractivity contribution in [1.29, 1.82) is 0 Å². The van der Waals surface area contributed by atoms with E-state index >= 15 is 0 Å². The van der Waals surface area contributed by atoms with E-state index in [0.29, 0.717) is 11.8 Å². The molecule has 2 nitrogen and oxygen atoms in total. The Morgan fingerprint density at radius 2 is 1.90 bits per heavy atom. The van der Waals surface area contributed by atoms with E-state index in [1.165, 1.54) is 0 Å². The van der Waals surface area contributed by atoms with Gasteiger partial charge in [-0.05, 0) is 19.9 Å². The molecule has 0 aromatic carbocycles. The third-order valence-electron chi connectivity index (χ3n) is 1.95. The average molecular weight is 143 g/mol. The first-order valence-electron chi connectivity index (χ1n) is 3.52. The first-order valence-corrected chi connectivity index (χ1v) is 3.52. The van der Waals surface area contributed by atoms with E-state index in [4.69, 9.17) is 0 Å². The Kier molecular flexibility index (Phi) is 4.28. The topological polar surface area (TPSA) is 29.1 Å². The van der Waals surface area contributed by atoms with E-state index in [0.717, 1.165) is 25.7 Å². The second kappa shape index (κ2) is 4.45. The predicted octanol–water partition coefficient (Wildman–Crippen LogP) is 1.35. The Morgan fingerprint density at radius 1 is 1.40 bits per heavy atom. The third kappa shape index (κ3) is 2.48.